The lowest BCUT2D eigenvalue weighted by Gasteiger charge is -2.33. The van der Waals surface area contributed by atoms with Crippen LogP contribution in [-0.2, 0) is 11.3 Å². The summed E-state index contributed by atoms with van der Waals surface area (Å²) in [6, 6.07) is 12.5. The first-order chi connectivity index (χ1) is 21.1. The van der Waals surface area contributed by atoms with E-state index in [1.807, 2.05) is 18.2 Å². The molecule has 2 atom stereocenters. The first kappa shape index (κ1) is 29.5. The molecule has 6 rings (SSSR count). The van der Waals surface area contributed by atoms with Crippen LogP contribution < -0.4 is 5.32 Å². The van der Waals surface area contributed by atoms with Crippen LogP contribution in [-0.4, -0.2) is 47.6 Å². The second kappa shape index (κ2) is 12.2. The van der Waals surface area contributed by atoms with Gasteiger partial charge in [0.15, 0.2) is 11.3 Å². The molecule has 44 heavy (non-hydrogen) atoms. The van der Waals surface area contributed by atoms with Crippen molar-refractivity contribution in [3.63, 3.8) is 0 Å². The van der Waals surface area contributed by atoms with Crippen LogP contribution in [0.15, 0.2) is 67.1 Å². The smallest absolute Gasteiger partial charge is 0.408 e. The molecule has 9 nitrogen and oxygen atoms in total. The van der Waals surface area contributed by atoms with E-state index in [2.05, 4.69) is 25.6 Å². The van der Waals surface area contributed by atoms with Gasteiger partial charge >= 0.3 is 6.09 Å². The minimum atomic E-state index is -2.78. The van der Waals surface area contributed by atoms with Gasteiger partial charge in [-0.15, -0.1) is 10.2 Å². The van der Waals surface area contributed by atoms with Crippen molar-refractivity contribution in [3.05, 3.63) is 95.6 Å². The Hall–Kier alpha value is -4.62. The number of hydrogen-bond donors (Lipinski definition) is 1. The molecule has 230 valence electrons. The Morgan fingerprint density at radius 3 is 2.57 bits per heavy atom. The zero-order chi connectivity index (χ0) is 30.8. The van der Waals surface area contributed by atoms with Crippen LogP contribution in [0.25, 0.3) is 11.3 Å². The molecule has 1 amide bonds. The van der Waals surface area contributed by atoms with Crippen molar-refractivity contribution in [3.8, 4) is 0 Å². The molecule has 0 aliphatic heterocycles. The second-order valence-corrected chi connectivity index (χ2v) is 10.9. The van der Waals surface area contributed by atoms with Gasteiger partial charge in [0.05, 0.1) is 30.0 Å². The summed E-state index contributed by atoms with van der Waals surface area (Å²) < 4.78 is 77.6. The lowest BCUT2D eigenvalue weighted by atomic mass is 9.81. The van der Waals surface area contributed by atoms with E-state index in [1.165, 1.54) is 27.2 Å². The molecule has 2 unspecified atom stereocenters. The third-order valence-electron chi connectivity index (χ3n) is 7.92. The van der Waals surface area contributed by atoms with Gasteiger partial charge in [-0.05, 0) is 48.1 Å². The molecule has 0 radical (unpaired) electrons. The number of fused-ring (bicyclic) bond motifs is 2. The van der Waals surface area contributed by atoms with E-state index < -0.39 is 42.6 Å². The summed E-state index contributed by atoms with van der Waals surface area (Å²) >= 11 is 0. The Bertz CT molecular complexity index is 1750. The summed E-state index contributed by atoms with van der Waals surface area (Å²) in [5, 5.41) is 15.2. The van der Waals surface area contributed by atoms with E-state index in [0.717, 1.165) is 11.8 Å². The number of ether oxygens (including phenoxy) is 1. The van der Waals surface area contributed by atoms with E-state index in [1.54, 1.807) is 24.4 Å². The van der Waals surface area contributed by atoms with Crippen LogP contribution in [0, 0.1) is 11.7 Å². The minimum Gasteiger partial charge on any atom is -0.445 e. The number of nitrogens with zero attached hydrogens (tertiary/aromatic N) is 6. The van der Waals surface area contributed by atoms with E-state index in [9.17, 15) is 26.7 Å². The quantitative estimate of drug-likeness (QED) is 0.191. The third kappa shape index (κ3) is 6.48. The fourth-order valence-corrected chi connectivity index (χ4v) is 5.66. The van der Waals surface area contributed by atoms with E-state index in [0.29, 0.717) is 16.9 Å². The number of carbonyl (C=O) groups excluding carboxylic acids is 1. The van der Waals surface area contributed by atoms with Gasteiger partial charge in [0.1, 0.15) is 18.2 Å². The first-order valence-electron chi connectivity index (χ1n) is 14.1. The molecule has 1 fully saturated rings. The van der Waals surface area contributed by atoms with Crippen molar-refractivity contribution >= 4 is 17.4 Å². The molecule has 4 aromatic heterocycles. The number of imidazole rings is 1. The normalized spacial score (nSPS) is 16.8. The number of hydrogen-bond acceptors (Lipinski definition) is 6. The zero-order valence-corrected chi connectivity index (χ0v) is 23.3. The fraction of sp³-hybridized carbons (Fsp3) is 0.367. The van der Waals surface area contributed by atoms with Gasteiger partial charge < -0.3 is 10.1 Å². The van der Waals surface area contributed by atoms with Gasteiger partial charge in [-0.2, -0.15) is 5.10 Å². The average molecular weight is 614 g/mol. The van der Waals surface area contributed by atoms with Crippen molar-refractivity contribution in [1.29, 1.82) is 0 Å². The van der Waals surface area contributed by atoms with E-state index in [-0.39, 0.29) is 49.7 Å². The second-order valence-electron chi connectivity index (χ2n) is 10.9. The van der Waals surface area contributed by atoms with Crippen molar-refractivity contribution < 1.29 is 31.5 Å². The SMILES string of the molecule is O=C(NC(c1cn2ncc(C(CC(F)F)c3nnc4ccc(F)cn34)cc2n1)C1CCC(F)(F)CC1)OCc1ccccc1. The molecule has 1 N–H and O–H groups in total. The molecule has 14 heteroatoms. The van der Waals surface area contributed by atoms with Gasteiger partial charge in [0.25, 0.3) is 0 Å². The Balaban J connectivity index is 1.30. The number of halogens is 5. The topological polar surface area (TPSA) is 98.7 Å². The maximum Gasteiger partial charge on any atom is 0.408 e. The summed E-state index contributed by atoms with van der Waals surface area (Å²) in [4.78, 5) is 17.5. The largest absolute Gasteiger partial charge is 0.445 e. The number of carbonyl (C=O) groups is 1. The monoisotopic (exact) mass is 613 g/mol. The number of nitrogens with one attached hydrogen (secondary N) is 1. The van der Waals surface area contributed by atoms with Crippen LogP contribution >= 0.6 is 0 Å². The Morgan fingerprint density at radius 2 is 1.82 bits per heavy atom. The fourth-order valence-electron chi connectivity index (χ4n) is 5.66. The van der Waals surface area contributed by atoms with Crippen LogP contribution in [0.1, 0.15) is 66.7 Å². The third-order valence-corrected chi connectivity index (χ3v) is 7.92. The Labute approximate surface area is 248 Å². The molecule has 1 aliphatic rings. The highest BCUT2D eigenvalue weighted by Crippen LogP contribution is 2.41. The van der Waals surface area contributed by atoms with Gasteiger partial charge in [-0.25, -0.2) is 36.2 Å². The minimum absolute atomic E-state index is 0.0188. The number of amides is 1. The summed E-state index contributed by atoms with van der Waals surface area (Å²) in [5.74, 6) is -4.60. The van der Waals surface area contributed by atoms with Gasteiger partial charge in [0, 0.05) is 25.5 Å². The number of benzene rings is 1. The van der Waals surface area contributed by atoms with Crippen molar-refractivity contribution in [2.75, 3.05) is 0 Å². The van der Waals surface area contributed by atoms with Crippen LogP contribution in [0.5, 0.6) is 0 Å². The van der Waals surface area contributed by atoms with Crippen molar-refractivity contribution in [2.45, 2.75) is 63.0 Å². The molecular weight excluding hydrogens is 585 g/mol. The molecule has 4 heterocycles. The van der Waals surface area contributed by atoms with E-state index >= 15 is 0 Å². The zero-order valence-electron chi connectivity index (χ0n) is 23.3. The molecule has 5 aromatic rings. The predicted molar refractivity (Wildman–Crippen MR) is 148 cm³/mol. The molecule has 0 bridgehead atoms. The Morgan fingerprint density at radius 1 is 1.05 bits per heavy atom. The molecule has 0 spiro atoms. The molecule has 1 aliphatic carbocycles. The highest BCUT2D eigenvalue weighted by Gasteiger charge is 2.39. The van der Waals surface area contributed by atoms with Crippen molar-refractivity contribution in [1.82, 2.24) is 34.5 Å². The lowest BCUT2D eigenvalue weighted by Crippen LogP contribution is -2.37. The van der Waals surface area contributed by atoms with Gasteiger partial charge in [-0.3, -0.25) is 4.40 Å². The summed E-state index contributed by atoms with van der Waals surface area (Å²) in [6.07, 6.45) is -0.342. The number of alkyl halides is 4. The summed E-state index contributed by atoms with van der Waals surface area (Å²) in [5.41, 5.74) is 2.06. The van der Waals surface area contributed by atoms with Crippen molar-refractivity contribution in [2.24, 2.45) is 5.92 Å². The van der Waals surface area contributed by atoms with E-state index in [4.69, 9.17) is 4.74 Å². The number of rotatable bonds is 9. The molecule has 0 saturated heterocycles. The predicted octanol–water partition coefficient (Wildman–Crippen LogP) is 6.49. The average Bonchev–Trinajstić information content (AvgIpc) is 3.62. The summed E-state index contributed by atoms with van der Waals surface area (Å²) in [6.45, 7) is 0.0188. The standard InChI is InChI=1S/C30H28F5N7O2/c31-21-6-7-25-39-40-28(41(25)15-21)22(13-24(32)33)20-12-26-37-23(16-42(26)36-14-20)27(19-8-10-30(34,35)11-9-19)38-29(43)44-17-18-4-2-1-3-5-18/h1-7,12,14-16,19,22,24,27H,8-11,13,17H2,(H,38,43). The Kier molecular flexibility index (Phi) is 8.15. The molecule has 1 aromatic carbocycles. The maximum absolute atomic E-state index is 14.0. The number of alkyl carbamates (subject to hydrolysis) is 1. The summed E-state index contributed by atoms with van der Waals surface area (Å²) in [7, 11) is 0. The highest BCUT2D eigenvalue weighted by atomic mass is 19.3. The maximum atomic E-state index is 14.0. The first-order valence-corrected chi connectivity index (χ1v) is 14.1. The van der Waals surface area contributed by atoms with Gasteiger partial charge in [-0.1, -0.05) is 30.3 Å². The van der Waals surface area contributed by atoms with Gasteiger partial charge in [0.2, 0.25) is 12.3 Å². The molecule has 1 saturated carbocycles. The van der Waals surface area contributed by atoms with Crippen LogP contribution in [0.3, 0.4) is 0 Å². The van der Waals surface area contributed by atoms with Crippen LogP contribution in [0.2, 0.25) is 0 Å². The number of pyridine rings is 1. The number of aromatic nitrogens is 6. The van der Waals surface area contributed by atoms with Crippen LogP contribution in [0.4, 0.5) is 26.7 Å². The highest BCUT2D eigenvalue weighted by molar-refractivity contribution is 5.68. The molecular formula is C30H28F5N7O2. The lowest BCUT2D eigenvalue weighted by molar-refractivity contribution is -0.0497.